The van der Waals surface area contributed by atoms with Crippen molar-refractivity contribution < 1.29 is 4.79 Å². The molecule has 1 aromatic carbocycles. The SMILES string of the molecule is C=C/C=C1/CN(c2cc(-c3cn[nH]c3)nc(/C(=C(\N)C=O)C3CC3)n2)CC1=C.CNc1cccc(C)c1. The van der Waals surface area contributed by atoms with Crippen molar-refractivity contribution in [3.05, 3.63) is 96.3 Å². The first-order valence-corrected chi connectivity index (χ1v) is 12.3. The van der Waals surface area contributed by atoms with Gasteiger partial charge < -0.3 is 16.0 Å². The number of rotatable bonds is 7. The largest absolute Gasteiger partial charge is 0.396 e. The number of aldehydes is 1. The molecule has 2 aromatic heterocycles. The molecule has 1 saturated carbocycles. The van der Waals surface area contributed by atoms with Gasteiger partial charge in [-0.3, -0.25) is 9.89 Å². The van der Waals surface area contributed by atoms with Crippen molar-refractivity contribution in [1.82, 2.24) is 20.2 Å². The molecule has 8 nitrogen and oxygen atoms in total. The average Bonchev–Trinajstić information content (AvgIpc) is 3.43. The lowest BCUT2D eigenvalue weighted by Gasteiger charge is -2.18. The van der Waals surface area contributed by atoms with Gasteiger partial charge in [0.25, 0.3) is 0 Å². The number of nitrogens with one attached hydrogen (secondary N) is 2. The van der Waals surface area contributed by atoms with E-state index in [1.54, 1.807) is 18.5 Å². The summed E-state index contributed by atoms with van der Waals surface area (Å²) in [7, 11) is 1.93. The number of aromatic amines is 1. The quantitative estimate of drug-likeness (QED) is 0.322. The van der Waals surface area contributed by atoms with Crippen molar-refractivity contribution in [1.29, 1.82) is 0 Å². The van der Waals surface area contributed by atoms with Crippen LogP contribution in [0, 0.1) is 12.8 Å². The summed E-state index contributed by atoms with van der Waals surface area (Å²) in [5, 5.41) is 9.90. The lowest BCUT2D eigenvalue weighted by molar-refractivity contribution is -0.104. The minimum absolute atomic E-state index is 0.205. The summed E-state index contributed by atoms with van der Waals surface area (Å²) >= 11 is 0. The van der Waals surface area contributed by atoms with Gasteiger partial charge >= 0.3 is 0 Å². The fraction of sp³-hybridized carbons (Fsp3) is 0.241. The fourth-order valence-corrected chi connectivity index (χ4v) is 4.22. The Bertz CT molecular complexity index is 1350. The lowest BCUT2D eigenvalue weighted by Crippen LogP contribution is -2.21. The Hall–Kier alpha value is -4.46. The summed E-state index contributed by atoms with van der Waals surface area (Å²) < 4.78 is 0. The van der Waals surface area contributed by atoms with Crippen molar-refractivity contribution in [2.45, 2.75) is 19.8 Å². The van der Waals surface area contributed by atoms with Gasteiger partial charge in [0.15, 0.2) is 12.1 Å². The van der Waals surface area contributed by atoms with E-state index in [1.807, 2.05) is 31.3 Å². The second kappa shape index (κ2) is 11.5. The van der Waals surface area contributed by atoms with Gasteiger partial charge in [0.1, 0.15) is 5.82 Å². The predicted molar refractivity (Wildman–Crippen MR) is 150 cm³/mol. The molecule has 0 amide bonds. The van der Waals surface area contributed by atoms with E-state index in [4.69, 9.17) is 15.7 Å². The molecule has 5 rings (SSSR count). The van der Waals surface area contributed by atoms with Crippen LogP contribution in [0.25, 0.3) is 16.8 Å². The molecule has 3 aromatic rings. The number of H-pyrrole nitrogens is 1. The lowest BCUT2D eigenvalue weighted by atomic mass is 10.1. The number of hydrogen-bond donors (Lipinski definition) is 3. The summed E-state index contributed by atoms with van der Waals surface area (Å²) in [6.45, 7) is 11.4. The maximum atomic E-state index is 11.4. The van der Waals surface area contributed by atoms with Crippen molar-refractivity contribution in [2.75, 3.05) is 30.4 Å². The smallest absolute Gasteiger partial charge is 0.166 e. The number of hydrogen-bond acceptors (Lipinski definition) is 7. The zero-order valence-corrected chi connectivity index (χ0v) is 21.4. The molecule has 1 aliphatic heterocycles. The Morgan fingerprint density at radius 1 is 1.24 bits per heavy atom. The molecule has 1 aliphatic carbocycles. The van der Waals surface area contributed by atoms with E-state index in [1.165, 1.54) is 11.3 Å². The van der Waals surface area contributed by atoms with Gasteiger partial charge in [0.05, 0.1) is 17.6 Å². The first kappa shape index (κ1) is 25.6. The van der Waals surface area contributed by atoms with Gasteiger partial charge in [-0.2, -0.15) is 5.10 Å². The van der Waals surface area contributed by atoms with Gasteiger partial charge in [-0.15, -0.1) is 0 Å². The van der Waals surface area contributed by atoms with Crippen LogP contribution in [0.5, 0.6) is 0 Å². The summed E-state index contributed by atoms with van der Waals surface area (Å²) in [5.41, 5.74) is 13.2. The molecule has 0 spiro atoms. The number of allylic oxidation sites excluding steroid dienone is 4. The summed E-state index contributed by atoms with van der Waals surface area (Å²) in [6.07, 6.45) is 9.91. The van der Waals surface area contributed by atoms with Crippen molar-refractivity contribution >= 4 is 23.4 Å². The van der Waals surface area contributed by atoms with Gasteiger partial charge in [-0.25, -0.2) is 9.97 Å². The first-order valence-electron chi connectivity index (χ1n) is 12.3. The third-order valence-corrected chi connectivity index (χ3v) is 6.32. The van der Waals surface area contributed by atoms with Gasteiger partial charge in [-0.1, -0.05) is 37.4 Å². The molecule has 2 aliphatic rings. The highest BCUT2D eigenvalue weighted by molar-refractivity contribution is 5.87. The van der Waals surface area contributed by atoms with Crippen LogP contribution in [0.3, 0.4) is 0 Å². The predicted octanol–water partition coefficient (Wildman–Crippen LogP) is 4.67. The zero-order valence-electron chi connectivity index (χ0n) is 21.4. The molecule has 0 unspecified atom stereocenters. The van der Waals surface area contributed by atoms with E-state index in [2.05, 4.69) is 52.6 Å². The number of aromatic nitrogens is 4. The van der Waals surface area contributed by atoms with E-state index < -0.39 is 0 Å². The van der Waals surface area contributed by atoms with Crippen LogP contribution >= 0.6 is 0 Å². The second-order valence-corrected chi connectivity index (χ2v) is 9.19. The Kier molecular flexibility index (Phi) is 7.98. The summed E-state index contributed by atoms with van der Waals surface area (Å²) in [6, 6.07) is 10.2. The Morgan fingerprint density at radius 2 is 2.05 bits per heavy atom. The molecule has 4 N–H and O–H groups in total. The topological polar surface area (TPSA) is 113 Å². The van der Waals surface area contributed by atoms with Crippen LogP contribution in [0.2, 0.25) is 0 Å². The highest BCUT2D eigenvalue weighted by Gasteiger charge is 2.32. The Balaban J connectivity index is 0.000000301. The fourth-order valence-electron chi connectivity index (χ4n) is 4.22. The van der Waals surface area contributed by atoms with Gasteiger partial charge in [0, 0.05) is 49.2 Å². The van der Waals surface area contributed by atoms with Gasteiger partial charge in [-0.05, 0) is 54.5 Å². The highest BCUT2D eigenvalue weighted by atomic mass is 16.1. The van der Waals surface area contributed by atoms with Gasteiger partial charge in [0.2, 0.25) is 0 Å². The molecule has 0 atom stereocenters. The number of anilines is 2. The van der Waals surface area contributed by atoms with Crippen LogP contribution in [0.1, 0.15) is 24.2 Å². The Labute approximate surface area is 217 Å². The van der Waals surface area contributed by atoms with E-state index in [-0.39, 0.29) is 11.6 Å². The minimum Gasteiger partial charge on any atom is -0.396 e. The first-order chi connectivity index (χ1) is 17.9. The molecule has 190 valence electrons. The van der Waals surface area contributed by atoms with Crippen LogP contribution < -0.4 is 16.0 Å². The van der Waals surface area contributed by atoms with Crippen molar-refractivity contribution in [3.8, 4) is 11.3 Å². The average molecular weight is 496 g/mol. The summed E-state index contributed by atoms with van der Waals surface area (Å²) in [5.74, 6) is 1.52. The number of carbonyl (C=O) groups excluding carboxylic acids is 1. The molecule has 1 saturated heterocycles. The third kappa shape index (κ3) is 6.22. The van der Waals surface area contributed by atoms with Crippen LogP contribution in [0.15, 0.2) is 84.9 Å². The molecular weight excluding hydrogens is 462 g/mol. The van der Waals surface area contributed by atoms with Crippen LogP contribution in [0.4, 0.5) is 11.5 Å². The molecule has 37 heavy (non-hydrogen) atoms. The van der Waals surface area contributed by atoms with E-state index in [9.17, 15) is 4.79 Å². The maximum Gasteiger partial charge on any atom is 0.166 e. The van der Waals surface area contributed by atoms with Crippen LogP contribution in [-0.4, -0.2) is 46.6 Å². The van der Waals surface area contributed by atoms with E-state index in [0.29, 0.717) is 25.2 Å². The Morgan fingerprint density at radius 3 is 2.65 bits per heavy atom. The minimum atomic E-state index is 0.205. The monoisotopic (exact) mass is 495 g/mol. The number of benzene rings is 1. The van der Waals surface area contributed by atoms with Crippen molar-refractivity contribution in [3.63, 3.8) is 0 Å². The maximum absolute atomic E-state index is 11.4. The van der Waals surface area contributed by atoms with Crippen LogP contribution in [-0.2, 0) is 4.79 Å². The molecule has 2 fully saturated rings. The zero-order chi connectivity index (χ0) is 26.4. The number of carbonyl (C=O) groups is 1. The number of nitrogens with zero attached hydrogens (tertiary/aromatic N) is 4. The molecule has 0 bridgehead atoms. The summed E-state index contributed by atoms with van der Waals surface area (Å²) in [4.78, 5) is 23.0. The molecule has 8 heteroatoms. The molecular formula is C29H33N7O. The van der Waals surface area contributed by atoms with E-state index in [0.717, 1.165) is 46.6 Å². The molecule has 0 radical (unpaired) electrons. The highest BCUT2D eigenvalue weighted by Crippen LogP contribution is 2.42. The number of aryl methyl sites for hydroxylation is 1. The van der Waals surface area contributed by atoms with Crippen molar-refractivity contribution in [2.24, 2.45) is 11.7 Å². The van der Waals surface area contributed by atoms with E-state index >= 15 is 0 Å². The third-order valence-electron chi connectivity index (χ3n) is 6.32. The second-order valence-electron chi connectivity index (χ2n) is 9.19. The standard InChI is InChI=1S/C21H22N6O.C8H11N/c1-3-4-15-11-27(10-13(15)2)19-7-18(16-8-23-24-9-16)25-21(26-19)20(14-5-6-14)17(22)12-28;1-7-4-3-5-8(6-7)9-2/h3-4,7-9,12,14H,1-2,5-6,10-11,22H2,(H,23,24);3-6,9H,1-2H3/b15-4-,20-17-;. The molecule has 3 heterocycles. The number of nitrogens with two attached hydrogens (primary N) is 1. The normalized spacial score (nSPS) is 16.6.